The van der Waals surface area contributed by atoms with Gasteiger partial charge < -0.3 is 29.5 Å². The fourth-order valence-corrected chi connectivity index (χ4v) is 4.29. The van der Waals surface area contributed by atoms with E-state index in [0.717, 1.165) is 37.3 Å². The molecule has 2 heterocycles. The molecule has 0 spiro atoms. The van der Waals surface area contributed by atoms with E-state index >= 15 is 0 Å². The molecule has 32 heavy (non-hydrogen) atoms. The first-order valence-corrected chi connectivity index (χ1v) is 11.5. The lowest BCUT2D eigenvalue weighted by molar-refractivity contribution is -0.00522. The SMILES string of the molecule is C[C@@H]1CN(c2ccc(NC(=O)N3CCC[C@@H](N(C)C(=O)OC(C)(C)C)C3)cc2)C[C@H](C)O1. The highest BCUT2D eigenvalue weighted by Crippen LogP contribution is 2.23. The highest BCUT2D eigenvalue weighted by molar-refractivity contribution is 5.89. The van der Waals surface area contributed by atoms with Gasteiger partial charge in [0.2, 0.25) is 0 Å². The van der Waals surface area contributed by atoms with Gasteiger partial charge in [-0.3, -0.25) is 0 Å². The van der Waals surface area contributed by atoms with Crippen LogP contribution < -0.4 is 10.2 Å². The van der Waals surface area contributed by atoms with Crippen LogP contribution in [0, 0.1) is 0 Å². The zero-order chi connectivity index (χ0) is 23.5. The van der Waals surface area contributed by atoms with Crippen molar-refractivity contribution in [3.63, 3.8) is 0 Å². The highest BCUT2D eigenvalue weighted by atomic mass is 16.6. The van der Waals surface area contributed by atoms with Crippen molar-refractivity contribution in [2.24, 2.45) is 0 Å². The third kappa shape index (κ3) is 6.51. The largest absolute Gasteiger partial charge is 0.444 e. The van der Waals surface area contributed by atoms with Crippen LogP contribution in [-0.4, -0.2) is 79.0 Å². The molecule has 1 N–H and O–H groups in total. The Hall–Kier alpha value is -2.48. The molecule has 3 rings (SSSR count). The van der Waals surface area contributed by atoms with Gasteiger partial charge in [0.15, 0.2) is 0 Å². The molecule has 3 atom stereocenters. The van der Waals surface area contributed by atoms with E-state index in [4.69, 9.17) is 9.47 Å². The number of anilines is 2. The fraction of sp³-hybridized carbons (Fsp3) is 0.667. The summed E-state index contributed by atoms with van der Waals surface area (Å²) < 4.78 is 11.3. The third-order valence-electron chi connectivity index (χ3n) is 5.82. The first-order valence-electron chi connectivity index (χ1n) is 11.5. The summed E-state index contributed by atoms with van der Waals surface area (Å²) in [4.78, 5) is 31.0. The molecule has 3 amide bonds. The van der Waals surface area contributed by atoms with Gasteiger partial charge in [0.1, 0.15) is 5.60 Å². The van der Waals surface area contributed by atoms with Crippen molar-refractivity contribution in [3.05, 3.63) is 24.3 Å². The Morgan fingerprint density at radius 3 is 2.31 bits per heavy atom. The van der Waals surface area contributed by atoms with Gasteiger partial charge in [0.05, 0.1) is 18.2 Å². The topological polar surface area (TPSA) is 74.4 Å². The van der Waals surface area contributed by atoms with E-state index in [2.05, 4.69) is 24.1 Å². The van der Waals surface area contributed by atoms with Gasteiger partial charge >= 0.3 is 12.1 Å². The molecular formula is C24H38N4O4. The van der Waals surface area contributed by atoms with E-state index in [1.807, 2.05) is 45.0 Å². The number of nitrogens with zero attached hydrogens (tertiary/aromatic N) is 3. The van der Waals surface area contributed by atoms with Crippen LogP contribution in [0.25, 0.3) is 0 Å². The van der Waals surface area contributed by atoms with Crippen molar-refractivity contribution in [1.29, 1.82) is 0 Å². The predicted octanol–water partition coefficient (Wildman–Crippen LogP) is 4.16. The van der Waals surface area contributed by atoms with Gasteiger partial charge in [0.25, 0.3) is 0 Å². The zero-order valence-electron chi connectivity index (χ0n) is 20.3. The number of benzene rings is 1. The minimum Gasteiger partial charge on any atom is -0.444 e. The second-order valence-corrected chi connectivity index (χ2v) is 9.97. The van der Waals surface area contributed by atoms with Crippen molar-refractivity contribution in [2.75, 3.05) is 43.4 Å². The number of rotatable bonds is 3. The summed E-state index contributed by atoms with van der Waals surface area (Å²) in [6, 6.07) is 7.75. The number of likely N-dealkylation sites (N-methyl/N-ethyl adjacent to an activating group) is 1. The average Bonchev–Trinajstić information content (AvgIpc) is 2.72. The van der Waals surface area contributed by atoms with E-state index in [0.29, 0.717) is 13.1 Å². The van der Waals surface area contributed by atoms with E-state index in [1.54, 1.807) is 16.8 Å². The summed E-state index contributed by atoms with van der Waals surface area (Å²) in [5, 5.41) is 3.00. The number of amides is 3. The van der Waals surface area contributed by atoms with Crippen LogP contribution in [0.4, 0.5) is 21.0 Å². The number of hydrogen-bond donors (Lipinski definition) is 1. The van der Waals surface area contributed by atoms with E-state index < -0.39 is 5.60 Å². The molecule has 8 heteroatoms. The quantitative estimate of drug-likeness (QED) is 0.755. The Morgan fingerprint density at radius 2 is 1.72 bits per heavy atom. The Bertz CT molecular complexity index is 782. The maximum absolute atomic E-state index is 12.9. The molecule has 0 radical (unpaired) electrons. The van der Waals surface area contributed by atoms with Crippen LogP contribution in [0.3, 0.4) is 0 Å². The minimum absolute atomic E-state index is 0.0583. The Balaban J connectivity index is 1.55. The van der Waals surface area contributed by atoms with Crippen molar-refractivity contribution >= 4 is 23.5 Å². The lowest BCUT2D eigenvalue weighted by Gasteiger charge is -2.38. The number of morpholine rings is 1. The molecule has 0 bridgehead atoms. The van der Waals surface area contributed by atoms with Crippen molar-refractivity contribution in [2.45, 2.75) is 71.3 Å². The van der Waals surface area contributed by atoms with Crippen LogP contribution in [0.1, 0.15) is 47.5 Å². The molecule has 2 aliphatic heterocycles. The first kappa shape index (κ1) is 24.2. The lowest BCUT2D eigenvalue weighted by Crippen LogP contribution is -2.52. The van der Waals surface area contributed by atoms with E-state index in [1.165, 1.54) is 0 Å². The predicted molar refractivity (Wildman–Crippen MR) is 126 cm³/mol. The Kier molecular flexibility index (Phi) is 7.54. The van der Waals surface area contributed by atoms with Crippen LogP contribution in [0.2, 0.25) is 0 Å². The molecule has 2 fully saturated rings. The van der Waals surface area contributed by atoms with Gasteiger partial charge in [0, 0.05) is 44.6 Å². The number of ether oxygens (including phenoxy) is 2. The monoisotopic (exact) mass is 446 g/mol. The molecule has 0 aliphatic carbocycles. The standard InChI is InChI=1S/C24H38N4O4/c1-17-14-28(15-18(2)31-17)20-11-9-19(10-12-20)25-22(29)27-13-7-8-21(16-27)26(6)23(30)32-24(3,4)5/h9-12,17-18,21H,7-8,13-16H2,1-6H3,(H,25,29)/t17-,18+,21-/m1/s1. The van der Waals surface area contributed by atoms with Gasteiger partial charge in [-0.25, -0.2) is 9.59 Å². The van der Waals surface area contributed by atoms with Crippen LogP contribution in [-0.2, 0) is 9.47 Å². The average molecular weight is 447 g/mol. The summed E-state index contributed by atoms with van der Waals surface area (Å²) in [6.07, 6.45) is 1.74. The number of carbonyl (C=O) groups is 2. The van der Waals surface area contributed by atoms with Gasteiger partial charge in [-0.2, -0.15) is 0 Å². The Morgan fingerprint density at radius 1 is 1.09 bits per heavy atom. The summed E-state index contributed by atoms with van der Waals surface area (Å²) >= 11 is 0. The second kappa shape index (κ2) is 9.98. The summed E-state index contributed by atoms with van der Waals surface area (Å²) in [5.74, 6) is 0. The maximum atomic E-state index is 12.9. The summed E-state index contributed by atoms with van der Waals surface area (Å²) in [6.45, 7) is 12.6. The number of likely N-dealkylation sites (tertiary alicyclic amines) is 1. The lowest BCUT2D eigenvalue weighted by atomic mass is 10.1. The van der Waals surface area contributed by atoms with E-state index in [-0.39, 0.29) is 30.4 Å². The van der Waals surface area contributed by atoms with Crippen LogP contribution in [0.15, 0.2) is 24.3 Å². The number of urea groups is 1. The maximum Gasteiger partial charge on any atom is 0.410 e. The zero-order valence-corrected chi connectivity index (χ0v) is 20.3. The molecule has 1 aromatic carbocycles. The van der Waals surface area contributed by atoms with Gasteiger partial charge in [-0.15, -0.1) is 0 Å². The number of carbonyl (C=O) groups excluding carboxylic acids is 2. The minimum atomic E-state index is -0.541. The van der Waals surface area contributed by atoms with Crippen LogP contribution >= 0.6 is 0 Å². The van der Waals surface area contributed by atoms with E-state index in [9.17, 15) is 9.59 Å². The van der Waals surface area contributed by atoms with Crippen LogP contribution in [0.5, 0.6) is 0 Å². The molecule has 0 aromatic heterocycles. The highest BCUT2D eigenvalue weighted by Gasteiger charge is 2.31. The van der Waals surface area contributed by atoms with Gasteiger partial charge in [-0.1, -0.05) is 0 Å². The molecule has 1 aromatic rings. The van der Waals surface area contributed by atoms with Crippen molar-refractivity contribution in [3.8, 4) is 0 Å². The number of piperidine rings is 1. The smallest absolute Gasteiger partial charge is 0.410 e. The fourth-order valence-electron chi connectivity index (χ4n) is 4.29. The molecular weight excluding hydrogens is 408 g/mol. The number of hydrogen-bond acceptors (Lipinski definition) is 5. The normalized spacial score (nSPS) is 24.1. The molecule has 2 aliphatic rings. The van der Waals surface area contributed by atoms with Crippen molar-refractivity contribution < 1.29 is 19.1 Å². The first-order chi connectivity index (χ1) is 15.0. The van der Waals surface area contributed by atoms with Crippen molar-refractivity contribution in [1.82, 2.24) is 9.80 Å². The summed E-state index contributed by atoms with van der Waals surface area (Å²) in [5.41, 5.74) is 1.35. The third-order valence-corrected chi connectivity index (χ3v) is 5.82. The molecule has 0 unspecified atom stereocenters. The summed E-state index contributed by atoms with van der Waals surface area (Å²) in [7, 11) is 1.74. The molecule has 2 saturated heterocycles. The van der Waals surface area contributed by atoms with Gasteiger partial charge in [-0.05, 0) is 71.7 Å². The molecule has 0 saturated carbocycles. The molecule has 8 nitrogen and oxygen atoms in total. The Labute approximate surface area is 191 Å². The second-order valence-electron chi connectivity index (χ2n) is 9.97. The number of nitrogens with one attached hydrogen (secondary N) is 1. The molecule has 178 valence electrons.